The summed E-state index contributed by atoms with van der Waals surface area (Å²) in [5, 5.41) is 36.4. The third kappa shape index (κ3) is 9.42. The average Bonchev–Trinajstić information content (AvgIpc) is 3.57. The number of hydrogen-bond acceptors (Lipinski definition) is 7. The van der Waals surface area contributed by atoms with Crippen LogP contribution in [-0.2, 0) is 25.9 Å². The van der Waals surface area contributed by atoms with Crippen LogP contribution in [0.1, 0.15) is 86.4 Å². The molecule has 8 heteroatoms. The van der Waals surface area contributed by atoms with Crippen LogP contribution in [0.3, 0.4) is 0 Å². The van der Waals surface area contributed by atoms with Crippen LogP contribution in [0.25, 0.3) is 0 Å². The predicted octanol–water partition coefficient (Wildman–Crippen LogP) is 4.74. The van der Waals surface area contributed by atoms with Gasteiger partial charge in [0.1, 0.15) is 18.1 Å². The summed E-state index contributed by atoms with van der Waals surface area (Å²) in [4.78, 5) is 3.39. The Balaban J connectivity index is 1.60. The van der Waals surface area contributed by atoms with Gasteiger partial charge in [-0.05, 0) is 67.6 Å². The van der Waals surface area contributed by atoms with Gasteiger partial charge in [0.2, 0.25) is 0 Å². The molecule has 3 atom stereocenters. The van der Waals surface area contributed by atoms with Crippen LogP contribution >= 0.6 is 0 Å². The van der Waals surface area contributed by atoms with Gasteiger partial charge in [-0.15, -0.1) is 0 Å². The highest BCUT2D eigenvalue weighted by atomic mass is 16.5. The average molecular weight is 542 g/mol. The van der Waals surface area contributed by atoms with E-state index in [2.05, 4.69) is 42.5 Å². The van der Waals surface area contributed by atoms with Gasteiger partial charge in [0.25, 0.3) is 0 Å². The van der Waals surface area contributed by atoms with Crippen molar-refractivity contribution in [3.8, 4) is 11.5 Å². The molecule has 2 heterocycles. The lowest BCUT2D eigenvalue weighted by atomic mass is 10.0. The van der Waals surface area contributed by atoms with E-state index in [1.54, 1.807) is 13.0 Å². The smallest absolute Gasteiger partial charge is 0.161 e. The van der Waals surface area contributed by atoms with Gasteiger partial charge in [-0.2, -0.15) is 0 Å². The quantitative estimate of drug-likeness (QED) is 0.138. The van der Waals surface area contributed by atoms with Crippen LogP contribution in [0.5, 0.6) is 11.5 Å². The fraction of sp³-hybridized carbons (Fsp3) is 0.548. The number of furan rings is 1. The highest BCUT2D eigenvalue weighted by Crippen LogP contribution is 2.29. The number of unbranched alkanes of at least 4 members (excludes halogenated alkanes) is 1. The van der Waals surface area contributed by atoms with E-state index in [9.17, 15) is 15.3 Å². The second-order valence-electron chi connectivity index (χ2n) is 10.4. The number of ether oxygens (including phenoxy) is 1. The molecule has 0 aliphatic heterocycles. The number of benzene rings is 1. The van der Waals surface area contributed by atoms with E-state index in [0.717, 1.165) is 67.1 Å². The number of likely N-dealkylation sites (N-methyl/N-ethyl adjacent to an activating group) is 1. The van der Waals surface area contributed by atoms with Gasteiger partial charge in [0.15, 0.2) is 11.5 Å². The number of nitrogens with one attached hydrogen (secondary N) is 3. The number of H-pyrrole nitrogens is 1. The number of phenolic OH excluding ortho intramolecular Hbond substituents is 1. The fourth-order valence-corrected chi connectivity index (χ4v) is 4.65. The Morgan fingerprint density at radius 1 is 1.05 bits per heavy atom. The number of aryl methyl sites for hydroxylation is 3. The number of phenols is 1. The fourth-order valence-electron chi connectivity index (χ4n) is 4.65. The Morgan fingerprint density at radius 3 is 2.59 bits per heavy atom. The molecule has 0 aliphatic carbocycles. The molecule has 216 valence electrons. The molecule has 0 saturated heterocycles. The minimum Gasteiger partial charge on any atom is -0.504 e. The van der Waals surface area contributed by atoms with Crippen LogP contribution in [0, 0.1) is 0 Å². The maximum atomic E-state index is 10.5. The third-order valence-electron chi connectivity index (χ3n) is 6.98. The van der Waals surface area contributed by atoms with Crippen molar-refractivity contribution in [1.29, 1.82) is 0 Å². The van der Waals surface area contributed by atoms with E-state index in [1.807, 2.05) is 24.4 Å². The van der Waals surface area contributed by atoms with Crippen LogP contribution in [0.4, 0.5) is 0 Å². The summed E-state index contributed by atoms with van der Waals surface area (Å²) in [6, 6.07) is 9.52. The maximum Gasteiger partial charge on any atom is 0.161 e. The van der Waals surface area contributed by atoms with Gasteiger partial charge in [-0.1, -0.05) is 33.3 Å². The number of aromatic hydroxyl groups is 1. The number of hydrogen-bond donors (Lipinski definition) is 6. The van der Waals surface area contributed by atoms with Crippen molar-refractivity contribution >= 4 is 0 Å². The number of rotatable bonds is 18. The summed E-state index contributed by atoms with van der Waals surface area (Å²) < 4.78 is 12.1. The molecular weight excluding hydrogens is 494 g/mol. The van der Waals surface area contributed by atoms with Gasteiger partial charge in [0.05, 0.1) is 18.8 Å². The lowest BCUT2D eigenvalue weighted by Crippen LogP contribution is -2.28. The molecule has 1 aromatic carbocycles. The SMILES string of the molecule is CCCCc1oc(CCc2ccc(O)c(OCC(NCC)c3cc(C(C)CNCC(C)O)c[nH]3)c2)cc1CO. The van der Waals surface area contributed by atoms with Crippen molar-refractivity contribution in [2.75, 3.05) is 26.2 Å². The Morgan fingerprint density at radius 2 is 1.87 bits per heavy atom. The molecule has 0 saturated carbocycles. The first-order valence-electron chi connectivity index (χ1n) is 14.3. The molecule has 0 fully saturated rings. The van der Waals surface area contributed by atoms with Crippen molar-refractivity contribution in [1.82, 2.24) is 15.6 Å². The molecular formula is C31H47N3O5. The summed E-state index contributed by atoms with van der Waals surface area (Å²) >= 11 is 0. The topological polar surface area (TPSA) is 123 Å². The van der Waals surface area contributed by atoms with E-state index in [1.165, 1.54) is 5.56 Å². The molecule has 0 spiro atoms. The van der Waals surface area contributed by atoms with Crippen molar-refractivity contribution in [3.05, 3.63) is 70.4 Å². The molecule has 3 rings (SSSR count). The van der Waals surface area contributed by atoms with E-state index >= 15 is 0 Å². The molecule has 0 radical (unpaired) electrons. The standard InChI is InChI=1S/C31H47N3O5/c1-5-7-8-30-25(19-35)14-26(39-30)11-9-23-10-12-29(37)31(13-23)38-20-28(33-6-2)27-15-24(18-34-27)21(3)16-32-17-22(4)36/h10,12-15,18,21-22,28,32-37H,5-9,11,16-17,19-20H2,1-4H3. The van der Waals surface area contributed by atoms with Gasteiger partial charge in [-0.3, -0.25) is 0 Å². The van der Waals surface area contributed by atoms with E-state index < -0.39 is 0 Å². The Kier molecular flexibility index (Phi) is 12.4. The lowest BCUT2D eigenvalue weighted by molar-refractivity contribution is 0.191. The van der Waals surface area contributed by atoms with Crippen molar-refractivity contribution in [2.45, 2.75) is 84.5 Å². The van der Waals surface area contributed by atoms with Gasteiger partial charge in [-0.25, -0.2) is 0 Å². The second kappa shape index (κ2) is 15.7. The minimum atomic E-state index is -0.364. The predicted molar refractivity (Wildman–Crippen MR) is 154 cm³/mol. The first kappa shape index (κ1) is 30.8. The van der Waals surface area contributed by atoms with Crippen LogP contribution in [0.2, 0.25) is 0 Å². The first-order valence-corrected chi connectivity index (χ1v) is 14.3. The maximum absolute atomic E-state index is 10.5. The van der Waals surface area contributed by atoms with E-state index in [-0.39, 0.29) is 24.5 Å². The zero-order valence-corrected chi connectivity index (χ0v) is 23.9. The summed E-state index contributed by atoms with van der Waals surface area (Å²) in [7, 11) is 0. The Bertz CT molecular complexity index is 1120. The number of aliphatic hydroxyl groups excluding tert-OH is 2. The number of aromatic nitrogens is 1. The molecule has 0 amide bonds. The van der Waals surface area contributed by atoms with Crippen LogP contribution in [0.15, 0.2) is 40.9 Å². The highest BCUT2D eigenvalue weighted by molar-refractivity contribution is 5.42. The summed E-state index contributed by atoms with van der Waals surface area (Å²) in [5.41, 5.74) is 4.14. The number of aliphatic hydroxyl groups is 2. The normalized spacial score (nSPS) is 13.9. The van der Waals surface area contributed by atoms with Crippen molar-refractivity contribution < 1.29 is 24.5 Å². The lowest BCUT2D eigenvalue weighted by Gasteiger charge is -2.18. The Hall–Kier alpha value is -2.78. The van der Waals surface area contributed by atoms with Crippen LogP contribution in [-0.4, -0.2) is 52.6 Å². The molecule has 6 N–H and O–H groups in total. The van der Waals surface area contributed by atoms with Crippen molar-refractivity contribution in [2.24, 2.45) is 0 Å². The summed E-state index contributed by atoms with van der Waals surface area (Å²) in [6.45, 7) is 10.6. The monoisotopic (exact) mass is 541 g/mol. The third-order valence-corrected chi connectivity index (χ3v) is 6.98. The first-order chi connectivity index (χ1) is 18.8. The Labute approximate surface area is 232 Å². The van der Waals surface area contributed by atoms with E-state index in [4.69, 9.17) is 9.15 Å². The number of aromatic amines is 1. The molecule has 3 unspecified atom stereocenters. The zero-order chi connectivity index (χ0) is 28.2. The largest absolute Gasteiger partial charge is 0.504 e. The van der Waals surface area contributed by atoms with Gasteiger partial charge in [0, 0.05) is 43.4 Å². The zero-order valence-electron chi connectivity index (χ0n) is 23.9. The second-order valence-corrected chi connectivity index (χ2v) is 10.4. The molecule has 39 heavy (non-hydrogen) atoms. The molecule has 0 bridgehead atoms. The van der Waals surface area contributed by atoms with Crippen molar-refractivity contribution in [3.63, 3.8) is 0 Å². The molecule has 2 aromatic heterocycles. The summed E-state index contributed by atoms with van der Waals surface area (Å²) in [5.74, 6) is 2.61. The minimum absolute atomic E-state index is 0.00615. The highest BCUT2D eigenvalue weighted by Gasteiger charge is 2.17. The van der Waals surface area contributed by atoms with Gasteiger partial charge >= 0.3 is 0 Å². The molecule has 8 nitrogen and oxygen atoms in total. The molecule has 0 aliphatic rings. The molecule has 3 aromatic rings. The van der Waals surface area contributed by atoms with Gasteiger partial charge < -0.3 is 40.1 Å². The van der Waals surface area contributed by atoms with E-state index in [0.29, 0.717) is 31.2 Å². The summed E-state index contributed by atoms with van der Waals surface area (Å²) in [6.07, 6.45) is 6.07. The van der Waals surface area contributed by atoms with Crippen LogP contribution < -0.4 is 15.4 Å².